The van der Waals surface area contributed by atoms with E-state index in [1.54, 1.807) is 6.92 Å². The number of primary amides is 1. The monoisotopic (exact) mass is 218 g/mol. The third-order valence-corrected chi connectivity index (χ3v) is 1.48. The third-order valence-electron chi connectivity index (χ3n) is 1.48. The molecule has 0 spiro atoms. The lowest BCUT2D eigenvalue weighted by Crippen LogP contribution is -2.44. The van der Waals surface area contributed by atoms with E-state index in [0.717, 1.165) is 0 Å². The first-order valence-corrected chi connectivity index (χ1v) is 4.35. The van der Waals surface area contributed by atoms with Gasteiger partial charge in [0.25, 0.3) is 0 Å². The highest BCUT2D eigenvalue weighted by Gasteiger charge is 2.21. The van der Waals surface area contributed by atoms with E-state index < -0.39 is 30.2 Å². The number of nitrogens with two attached hydrogens (primary N) is 1. The molecule has 15 heavy (non-hydrogen) atoms. The molecule has 7 heteroatoms. The molecule has 0 saturated carbocycles. The molecule has 0 heterocycles. The molecule has 0 aromatic carbocycles. The third kappa shape index (κ3) is 6.44. The van der Waals surface area contributed by atoms with Gasteiger partial charge in [-0.25, -0.2) is 4.79 Å². The summed E-state index contributed by atoms with van der Waals surface area (Å²) >= 11 is 0. The number of hydrogen-bond donors (Lipinski definition) is 3. The Bertz CT molecular complexity index is 253. The summed E-state index contributed by atoms with van der Waals surface area (Å²) in [6.07, 6.45) is -0.437. The zero-order valence-corrected chi connectivity index (χ0v) is 8.36. The summed E-state index contributed by atoms with van der Waals surface area (Å²) in [5, 5.41) is 10.8. The van der Waals surface area contributed by atoms with Crippen molar-refractivity contribution in [3.05, 3.63) is 0 Å². The van der Waals surface area contributed by atoms with E-state index in [-0.39, 0.29) is 6.61 Å². The number of ether oxygens (including phenoxy) is 1. The van der Waals surface area contributed by atoms with Gasteiger partial charge in [-0.2, -0.15) is 0 Å². The fraction of sp³-hybridized carbons (Fsp3) is 0.625. The number of hydrogen-bond acceptors (Lipinski definition) is 4. The lowest BCUT2D eigenvalue weighted by Gasteiger charge is -2.12. The molecule has 7 nitrogen and oxygen atoms in total. The number of amides is 2. The Morgan fingerprint density at radius 1 is 1.47 bits per heavy atom. The van der Waals surface area contributed by atoms with Crippen LogP contribution in [-0.4, -0.2) is 42.1 Å². The number of aliphatic carboxylic acids is 1. The molecule has 0 aliphatic rings. The minimum absolute atomic E-state index is 0.237. The van der Waals surface area contributed by atoms with Gasteiger partial charge in [0.2, 0.25) is 11.8 Å². The van der Waals surface area contributed by atoms with Crippen LogP contribution in [0, 0.1) is 0 Å². The van der Waals surface area contributed by atoms with Gasteiger partial charge in [0.15, 0.2) is 0 Å². The van der Waals surface area contributed by atoms with E-state index >= 15 is 0 Å². The summed E-state index contributed by atoms with van der Waals surface area (Å²) in [5.74, 6) is -2.69. The maximum Gasteiger partial charge on any atom is 0.326 e. The van der Waals surface area contributed by atoms with Crippen LogP contribution >= 0.6 is 0 Å². The van der Waals surface area contributed by atoms with Gasteiger partial charge in [0, 0.05) is 6.61 Å². The molecule has 0 aliphatic carbocycles. The molecule has 0 rings (SSSR count). The molecule has 4 N–H and O–H groups in total. The van der Waals surface area contributed by atoms with Crippen molar-refractivity contribution in [3.63, 3.8) is 0 Å². The molecule has 0 fully saturated rings. The van der Waals surface area contributed by atoms with Gasteiger partial charge in [-0.1, -0.05) is 0 Å². The van der Waals surface area contributed by atoms with Gasteiger partial charge in [0.1, 0.15) is 12.6 Å². The summed E-state index contributed by atoms with van der Waals surface area (Å²) in [6.45, 7) is 1.81. The maximum atomic E-state index is 11.0. The van der Waals surface area contributed by atoms with E-state index in [1.807, 2.05) is 0 Å². The van der Waals surface area contributed by atoms with E-state index in [9.17, 15) is 14.4 Å². The van der Waals surface area contributed by atoms with Crippen molar-refractivity contribution in [1.82, 2.24) is 5.32 Å². The topological polar surface area (TPSA) is 119 Å². The van der Waals surface area contributed by atoms with Gasteiger partial charge in [-0.15, -0.1) is 0 Å². The first-order valence-electron chi connectivity index (χ1n) is 4.35. The van der Waals surface area contributed by atoms with Crippen LogP contribution in [0.5, 0.6) is 0 Å². The Morgan fingerprint density at radius 3 is 2.47 bits per heavy atom. The molecule has 1 atom stereocenters. The van der Waals surface area contributed by atoms with Crippen LogP contribution in [0.3, 0.4) is 0 Å². The van der Waals surface area contributed by atoms with Crippen LogP contribution in [0.1, 0.15) is 13.3 Å². The van der Waals surface area contributed by atoms with E-state index in [2.05, 4.69) is 5.32 Å². The predicted octanol–water partition coefficient (Wildman–Crippen LogP) is -1.53. The molecule has 0 aromatic rings. The average molecular weight is 218 g/mol. The first kappa shape index (κ1) is 13.4. The largest absolute Gasteiger partial charge is 0.480 e. The Hall–Kier alpha value is -1.63. The minimum atomic E-state index is -1.31. The Labute approximate surface area is 86.6 Å². The quantitative estimate of drug-likeness (QED) is 0.479. The van der Waals surface area contributed by atoms with E-state index in [4.69, 9.17) is 15.6 Å². The van der Waals surface area contributed by atoms with Crippen LogP contribution in [0.4, 0.5) is 0 Å². The molecule has 0 aromatic heterocycles. The van der Waals surface area contributed by atoms with Crippen molar-refractivity contribution in [2.45, 2.75) is 19.4 Å². The highest BCUT2D eigenvalue weighted by atomic mass is 16.5. The zero-order valence-electron chi connectivity index (χ0n) is 8.36. The van der Waals surface area contributed by atoms with Crippen molar-refractivity contribution >= 4 is 17.8 Å². The fourth-order valence-corrected chi connectivity index (χ4v) is 0.832. The lowest BCUT2D eigenvalue weighted by atomic mass is 10.2. The second kappa shape index (κ2) is 6.77. The zero-order chi connectivity index (χ0) is 11.8. The molecule has 2 amide bonds. The number of carboxylic acids is 1. The Balaban J connectivity index is 4.10. The molecule has 0 radical (unpaired) electrons. The van der Waals surface area contributed by atoms with Crippen molar-refractivity contribution in [1.29, 1.82) is 0 Å². The van der Waals surface area contributed by atoms with Gasteiger partial charge in [0.05, 0.1) is 6.42 Å². The van der Waals surface area contributed by atoms with Crippen molar-refractivity contribution in [3.8, 4) is 0 Å². The Morgan fingerprint density at radius 2 is 2.07 bits per heavy atom. The van der Waals surface area contributed by atoms with Gasteiger partial charge >= 0.3 is 5.97 Å². The SMILES string of the molecule is CCOCC(=O)N[C@H](CC(N)=O)C(=O)O. The second-order valence-electron chi connectivity index (χ2n) is 2.77. The van der Waals surface area contributed by atoms with Crippen LogP contribution in [0.25, 0.3) is 0 Å². The molecule has 0 unspecified atom stereocenters. The molecule has 0 saturated heterocycles. The number of rotatable bonds is 7. The van der Waals surface area contributed by atoms with Gasteiger partial charge in [-0.05, 0) is 6.92 Å². The van der Waals surface area contributed by atoms with Crippen molar-refractivity contribution < 1.29 is 24.2 Å². The second-order valence-corrected chi connectivity index (χ2v) is 2.77. The number of carbonyl (C=O) groups is 3. The van der Waals surface area contributed by atoms with E-state index in [1.165, 1.54) is 0 Å². The fourth-order valence-electron chi connectivity index (χ4n) is 0.832. The van der Waals surface area contributed by atoms with Crippen LogP contribution < -0.4 is 11.1 Å². The summed E-state index contributed by atoms with van der Waals surface area (Å²) in [4.78, 5) is 32.1. The molecule has 86 valence electrons. The summed E-state index contributed by atoms with van der Waals surface area (Å²) < 4.78 is 4.76. The lowest BCUT2D eigenvalue weighted by molar-refractivity contribution is -0.144. The highest BCUT2D eigenvalue weighted by molar-refractivity contribution is 5.88. The van der Waals surface area contributed by atoms with Crippen molar-refractivity contribution in [2.24, 2.45) is 5.73 Å². The smallest absolute Gasteiger partial charge is 0.326 e. The number of nitrogens with one attached hydrogen (secondary N) is 1. The number of carbonyl (C=O) groups excluding carboxylic acids is 2. The summed E-state index contributed by atoms with van der Waals surface area (Å²) in [7, 11) is 0. The summed E-state index contributed by atoms with van der Waals surface area (Å²) in [6, 6.07) is -1.30. The van der Waals surface area contributed by atoms with Gasteiger partial charge in [-0.3, -0.25) is 9.59 Å². The van der Waals surface area contributed by atoms with Crippen molar-refractivity contribution in [2.75, 3.05) is 13.2 Å². The molecule has 0 aliphatic heterocycles. The van der Waals surface area contributed by atoms with Crippen LogP contribution in [0.15, 0.2) is 0 Å². The Kier molecular flexibility index (Phi) is 6.03. The summed E-state index contributed by atoms with van der Waals surface area (Å²) in [5.41, 5.74) is 4.82. The number of carboxylic acid groups (broad SMARTS) is 1. The normalized spacial score (nSPS) is 11.8. The highest BCUT2D eigenvalue weighted by Crippen LogP contribution is 1.91. The predicted molar refractivity (Wildman–Crippen MR) is 49.9 cm³/mol. The minimum Gasteiger partial charge on any atom is -0.480 e. The van der Waals surface area contributed by atoms with E-state index in [0.29, 0.717) is 6.61 Å². The first-order chi connectivity index (χ1) is 6.97. The standard InChI is InChI=1S/C8H14N2O5/c1-2-15-4-7(12)10-5(8(13)14)3-6(9)11/h5H,2-4H2,1H3,(H2,9,11)(H,10,12)(H,13,14)/t5-/m1/s1. The van der Waals surface area contributed by atoms with Crippen LogP contribution in [0.2, 0.25) is 0 Å². The maximum absolute atomic E-state index is 11.0. The molecule has 0 bridgehead atoms. The average Bonchev–Trinajstić information content (AvgIpc) is 2.12. The van der Waals surface area contributed by atoms with Crippen LogP contribution in [-0.2, 0) is 19.1 Å². The molecular weight excluding hydrogens is 204 g/mol. The molecular formula is C8H14N2O5. The van der Waals surface area contributed by atoms with Gasteiger partial charge < -0.3 is 20.9 Å².